The summed E-state index contributed by atoms with van der Waals surface area (Å²) in [6.45, 7) is 0. The second-order valence-electron chi connectivity index (χ2n) is 15.0. The van der Waals surface area contributed by atoms with Crippen molar-refractivity contribution in [1.29, 1.82) is 0 Å². The summed E-state index contributed by atoms with van der Waals surface area (Å²) in [7, 11) is 0. The smallest absolute Gasteiger partial charge is 0.135 e. The second kappa shape index (κ2) is 12.9. The highest BCUT2D eigenvalue weighted by Crippen LogP contribution is 2.40. The van der Waals surface area contributed by atoms with Crippen molar-refractivity contribution in [3.8, 4) is 22.5 Å². The highest BCUT2D eigenvalue weighted by Gasteiger charge is 2.18. The van der Waals surface area contributed by atoms with E-state index in [9.17, 15) is 0 Å². The maximum absolute atomic E-state index is 6.14. The monoisotopic (exact) mass is 741 g/mol. The van der Waals surface area contributed by atoms with Gasteiger partial charge < -0.3 is 18.5 Å². The summed E-state index contributed by atoms with van der Waals surface area (Å²) in [5.41, 5.74) is 14.3. The largest absolute Gasteiger partial charge is 0.456 e. The number of anilines is 3. The van der Waals surface area contributed by atoms with Crippen molar-refractivity contribution in [2.24, 2.45) is 0 Å². The summed E-state index contributed by atoms with van der Waals surface area (Å²) in [5.74, 6) is 0. The molecule has 0 aliphatic carbocycles. The normalized spacial score (nSPS) is 11.8. The molecule has 0 atom stereocenters. The molecular formula is C54H35N3O. The number of nitrogens with zero attached hydrogens (tertiary/aromatic N) is 3. The van der Waals surface area contributed by atoms with E-state index in [1.165, 1.54) is 43.6 Å². The molecule has 0 radical (unpaired) electrons. The molecule has 3 aromatic heterocycles. The molecular weight excluding hydrogens is 707 g/mol. The van der Waals surface area contributed by atoms with Crippen molar-refractivity contribution in [3.63, 3.8) is 0 Å². The molecule has 9 aromatic carbocycles. The zero-order chi connectivity index (χ0) is 38.2. The predicted octanol–water partition coefficient (Wildman–Crippen LogP) is 14.9. The third-order valence-electron chi connectivity index (χ3n) is 11.7. The Morgan fingerprint density at radius 1 is 0.293 bits per heavy atom. The zero-order valence-corrected chi connectivity index (χ0v) is 31.5. The number of para-hydroxylation sites is 5. The van der Waals surface area contributed by atoms with Gasteiger partial charge in [0, 0.05) is 60.8 Å². The van der Waals surface area contributed by atoms with Crippen molar-refractivity contribution in [3.05, 3.63) is 212 Å². The molecule has 12 aromatic rings. The van der Waals surface area contributed by atoms with Crippen molar-refractivity contribution in [2.75, 3.05) is 4.90 Å². The second-order valence-corrected chi connectivity index (χ2v) is 15.0. The van der Waals surface area contributed by atoms with Gasteiger partial charge in [0.15, 0.2) is 0 Å². The minimum absolute atomic E-state index is 0.903. The van der Waals surface area contributed by atoms with Crippen LogP contribution in [0.15, 0.2) is 217 Å². The lowest BCUT2D eigenvalue weighted by molar-refractivity contribution is 0.669. The van der Waals surface area contributed by atoms with Crippen molar-refractivity contribution >= 4 is 82.6 Å². The molecule has 0 spiro atoms. The predicted molar refractivity (Wildman–Crippen MR) is 243 cm³/mol. The highest BCUT2D eigenvalue weighted by molar-refractivity contribution is 6.10. The summed E-state index contributed by atoms with van der Waals surface area (Å²) in [6.07, 6.45) is 0. The lowest BCUT2D eigenvalue weighted by atomic mass is 10.0. The van der Waals surface area contributed by atoms with Gasteiger partial charge in [0.1, 0.15) is 11.2 Å². The summed E-state index contributed by atoms with van der Waals surface area (Å²) in [5, 5.41) is 7.27. The van der Waals surface area contributed by atoms with Gasteiger partial charge in [0.05, 0.1) is 22.1 Å². The van der Waals surface area contributed by atoms with E-state index in [0.29, 0.717) is 0 Å². The topological polar surface area (TPSA) is 26.2 Å². The van der Waals surface area contributed by atoms with Crippen LogP contribution in [0.25, 0.3) is 88.1 Å². The fraction of sp³-hybridized carbons (Fsp3) is 0. The summed E-state index contributed by atoms with van der Waals surface area (Å²) in [4.78, 5) is 2.36. The Morgan fingerprint density at radius 2 is 0.759 bits per heavy atom. The first kappa shape index (κ1) is 32.4. The van der Waals surface area contributed by atoms with Crippen LogP contribution in [0.3, 0.4) is 0 Å². The van der Waals surface area contributed by atoms with Crippen LogP contribution < -0.4 is 4.90 Å². The van der Waals surface area contributed by atoms with E-state index in [1.807, 2.05) is 12.1 Å². The molecule has 4 heteroatoms. The van der Waals surface area contributed by atoms with Gasteiger partial charge in [-0.1, -0.05) is 115 Å². The standard InChI is InChI=1S/C54H35N3O/c1-6-19-49-43(14-1)44-15-2-7-20-50(44)56(49)40-31-29-39(30-32-40)55(38-27-24-36(25-28-38)37-26-33-54-48(34-37)47-18-5-10-23-53(47)58-54)41-12-11-13-42(35-41)57-51-21-8-3-16-45(51)46-17-4-9-22-52(46)57/h1-35H. The molecule has 0 aliphatic heterocycles. The Morgan fingerprint density at radius 3 is 1.34 bits per heavy atom. The Bertz CT molecular complexity index is 3410. The Labute approximate surface area is 334 Å². The first-order chi connectivity index (χ1) is 28.8. The fourth-order valence-electron chi connectivity index (χ4n) is 9.08. The first-order valence-corrected chi connectivity index (χ1v) is 19.8. The van der Waals surface area contributed by atoms with Gasteiger partial charge in [0.25, 0.3) is 0 Å². The van der Waals surface area contributed by atoms with Gasteiger partial charge in [-0.25, -0.2) is 0 Å². The van der Waals surface area contributed by atoms with Crippen LogP contribution in [0.5, 0.6) is 0 Å². The van der Waals surface area contributed by atoms with E-state index in [4.69, 9.17) is 4.42 Å². The molecule has 58 heavy (non-hydrogen) atoms. The van der Waals surface area contributed by atoms with Crippen molar-refractivity contribution in [1.82, 2.24) is 9.13 Å². The van der Waals surface area contributed by atoms with Gasteiger partial charge in [-0.3, -0.25) is 0 Å². The Hall–Kier alpha value is -7.82. The molecule has 0 aliphatic rings. The van der Waals surface area contributed by atoms with Gasteiger partial charge in [-0.15, -0.1) is 0 Å². The zero-order valence-electron chi connectivity index (χ0n) is 31.5. The summed E-state index contributed by atoms with van der Waals surface area (Å²) in [6, 6.07) is 76.3. The highest BCUT2D eigenvalue weighted by atomic mass is 16.3. The Kier molecular flexibility index (Phi) is 7.20. The molecule has 3 heterocycles. The minimum Gasteiger partial charge on any atom is -0.456 e. The molecule has 4 nitrogen and oxygen atoms in total. The molecule has 0 N–H and O–H groups in total. The molecule has 0 saturated carbocycles. The maximum Gasteiger partial charge on any atom is 0.135 e. The van der Waals surface area contributed by atoms with Crippen LogP contribution in [-0.2, 0) is 0 Å². The first-order valence-electron chi connectivity index (χ1n) is 19.8. The number of rotatable bonds is 6. The fourth-order valence-corrected chi connectivity index (χ4v) is 9.08. The van der Waals surface area contributed by atoms with Crippen LogP contribution in [0.2, 0.25) is 0 Å². The van der Waals surface area contributed by atoms with Crippen LogP contribution >= 0.6 is 0 Å². The average molecular weight is 742 g/mol. The molecule has 0 amide bonds. The SMILES string of the molecule is c1cc(N(c2ccc(-c3ccc4oc5ccccc5c4c3)cc2)c2ccc(-n3c4ccccc4c4ccccc43)cc2)cc(-n2c3ccccc3c3ccccc32)c1. The molecule has 0 unspecified atom stereocenters. The van der Waals surface area contributed by atoms with Crippen LogP contribution in [0.4, 0.5) is 17.1 Å². The van der Waals surface area contributed by atoms with E-state index in [-0.39, 0.29) is 0 Å². The molecule has 272 valence electrons. The van der Waals surface area contributed by atoms with Crippen molar-refractivity contribution in [2.45, 2.75) is 0 Å². The van der Waals surface area contributed by atoms with Gasteiger partial charge in [-0.2, -0.15) is 0 Å². The third kappa shape index (κ3) is 5.02. The maximum atomic E-state index is 6.14. The van der Waals surface area contributed by atoms with Gasteiger partial charge >= 0.3 is 0 Å². The van der Waals surface area contributed by atoms with E-state index in [0.717, 1.165) is 61.5 Å². The number of furan rings is 1. The molecule has 0 bridgehead atoms. The van der Waals surface area contributed by atoms with E-state index >= 15 is 0 Å². The molecule has 12 rings (SSSR count). The van der Waals surface area contributed by atoms with Crippen molar-refractivity contribution < 1.29 is 4.42 Å². The van der Waals surface area contributed by atoms with Crippen LogP contribution in [0.1, 0.15) is 0 Å². The van der Waals surface area contributed by atoms with E-state index in [2.05, 4.69) is 214 Å². The van der Waals surface area contributed by atoms with E-state index in [1.54, 1.807) is 0 Å². The number of aromatic nitrogens is 2. The lowest BCUT2D eigenvalue weighted by Crippen LogP contribution is -2.10. The summed E-state index contributed by atoms with van der Waals surface area (Å²) >= 11 is 0. The van der Waals surface area contributed by atoms with Crippen LogP contribution in [-0.4, -0.2) is 9.13 Å². The summed E-state index contributed by atoms with van der Waals surface area (Å²) < 4.78 is 10.9. The minimum atomic E-state index is 0.903. The number of hydrogen-bond acceptors (Lipinski definition) is 2. The number of fused-ring (bicyclic) bond motifs is 9. The van der Waals surface area contributed by atoms with Crippen LogP contribution in [0, 0.1) is 0 Å². The number of benzene rings is 9. The third-order valence-corrected chi connectivity index (χ3v) is 11.7. The average Bonchev–Trinajstić information content (AvgIpc) is 3.95. The quantitative estimate of drug-likeness (QED) is 0.170. The van der Waals surface area contributed by atoms with E-state index < -0.39 is 0 Å². The van der Waals surface area contributed by atoms with Gasteiger partial charge in [-0.05, 0) is 108 Å². The van der Waals surface area contributed by atoms with Gasteiger partial charge in [0.2, 0.25) is 0 Å². The molecule has 0 saturated heterocycles. The lowest BCUT2D eigenvalue weighted by Gasteiger charge is -2.27. The number of hydrogen-bond donors (Lipinski definition) is 0. The molecule has 0 fully saturated rings. The Balaban J connectivity index is 1.00.